The molecule has 21 heavy (non-hydrogen) atoms. The number of hydrogen-bond acceptors (Lipinski definition) is 3. The third-order valence-corrected chi connectivity index (χ3v) is 4.24. The van der Waals surface area contributed by atoms with E-state index in [1.54, 1.807) is 12.1 Å². The zero-order chi connectivity index (χ0) is 15.3. The van der Waals surface area contributed by atoms with Crippen LogP contribution in [0.3, 0.4) is 0 Å². The van der Waals surface area contributed by atoms with Crippen LogP contribution in [0.2, 0.25) is 0 Å². The van der Waals surface area contributed by atoms with Gasteiger partial charge in [-0.15, -0.1) is 0 Å². The van der Waals surface area contributed by atoms with Crippen molar-refractivity contribution in [2.75, 3.05) is 12.4 Å². The molecule has 0 saturated heterocycles. The van der Waals surface area contributed by atoms with Crippen molar-refractivity contribution in [1.82, 2.24) is 5.32 Å². The summed E-state index contributed by atoms with van der Waals surface area (Å²) in [5.41, 5.74) is 0.610. The molecule has 0 radical (unpaired) electrons. The third-order valence-electron chi connectivity index (χ3n) is 4.24. The number of fused-ring (bicyclic) bond motifs is 3. The zero-order valence-corrected chi connectivity index (χ0v) is 11.4. The molecular formula is C14H15F3N2O2. The van der Waals surface area contributed by atoms with Crippen LogP contribution in [0.25, 0.3) is 0 Å². The molecule has 2 N–H and O–H groups in total. The fraction of sp³-hybridized carbons (Fsp3) is 0.500. The summed E-state index contributed by atoms with van der Waals surface area (Å²) in [4.78, 5) is 11.3. The van der Waals surface area contributed by atoms with Crippen LogP contribution < -0.4 is 15.4 Å². The lowest BCUT2D eigenvalue weighted by Gasteiger charge is -2.32. The number of ether oxygens (including phenoxy) is 1. The Hall–Kier alpha value is -1.92. The summed E-state index contributed by atoms with van der Waals surface area (Å²) in [5, 5.41) is 5.24. The van der Waals surface area contributed by atoms with Crippen molar-refractivity contribution >= 4 is 11.6 Å². The molecule has 7 heteroatoms. The third kappa shape index (κ3) is 2.20. The average molecular weight is 300 g/mol. The number of alkyl halides is 3. The first-order chi connectivity index (χ1) is 9.86. The van der Waals surface area contributed by atoms with Crippen LogP contribution in [0.5, 0.6) is 5.75 Å². The number of halogens is 3. The van der Waals surface area contributed by atoms with E-state index in [2.05, 4.69) is 10.6 Å². The quantitative estimate of drug-likeness (QED) is 0.883. The van der Waals surface area contributed by atoms with E-state index in [4.69, 9.17) is 4.74 Å². The Balaban J connectivity index is 1.92. The first-order valence-corrected chi connectivity index (χ1v) is 6.71. The van der Waals surface area contributed by atoms with Gasteiger partial charge < -0.3 is 15.4 Å². The smallest absolute Gasteiger partial charge is 0.471 e. The Bertz CT molecular complexity index is 588. The van der Waals surface area contributed by atoms with Gasteiger partial charge in [-0.1, -0.05) is 0 Å². The molecule has 0 aromatic heterocycles. The second kappa shape index (κ2) is 4.54. The van der Waals surface area contributed by atoms with Crippen LogP contribution in [0.1, 0.15) is 30.7 Å². The van der Waals surface area contributed by atoms with Gasteiger partial charge in [-0.2, -0.15) is 13.2 Å². The fourth-order valence-electron chi connectivity index (χ4n) is 3.34. The molecule has 2 aliphatic rings. The normalized spacial score (nSPS) is 26.8. The van der Waals surface area contributed by atoms with Gasteiger partial charge in [0.05, 0.1) is 7.11 Å². The highest BCUT2D eigenvalue weighted by molar-refractivity contribution is 5.84. The standard InChI is InChI=1S/C14H15F3N2O2/c1-21-8-4-5-11-9(7-8)10-3-2-6-13(10,18-11)19-12(20)14(15,16)17/h4-5,7,10,18H,2-3,6H2,1H3,(H,19,20)/t10-,13+/m0/s1. The number of benzene rings is 1. The highest BCUT2D eigenvalue weighted by Crippen LogP contribution is 2.52. The first kappa shape index (κ1) is 14.0. The predicted molar refractivity (Wildman–Crippen MR) is 70.1 cm³/mol. The van der Waals surface area contributed by atoms with Gasteiger partial charge in [-0.05, 0) is 43.0 Å². The molecular weight excluding hydrogens is 285 g/mol. The molecule has 1 aliphatic carbocycles. The van der Waals surface area contributed by atoms with E-state index in [-0.39, 0.29) is 5.92 Å². The number of nitrogens with one attached hydrogen (secondary N) is 2. The molecule has 1 saturated carbocycles. The Morgan fingerprint density at radius 2 is 2.24 bits per heavy atom. The molecule has 1 fully saturated rings. The zero-order valence-electron chi connectivity index (χ0n) is 11.4. The molecule has 3 rings (SSSR count). The Morgan fingerprint density at radius 3 is 2.90 bits per heavy atom. The number of hydrogen-bond donors (Lipinski definition) is 2. The molecule has 1 aromatic carbocycles. The largest absolute Gasteiger partial charge is 0.497 e. The second-order valence-corrected chi connectivity index (χ2v) is 5.45. The number of rotatable bonds is 2. The number of amides is 1. The Kier molecular flexibility index (Phi) is 3.04. The predicted octanol–water partition coefficient (Wildman–Crippen LogP) is 2.76. The van der Waals surface area contributed by atoms with Crippen LogP contribution in [0.4, 0.5) is 18.9 Å². The van der Waals surface area contributed by atoms with E-state index in [1.165, 1.54) is 7.11 Å². The number of anilines is 1. The molecule has 114 valence electrons. The minimum atomic E-state index is -4.88. The lowest BCUT2D eigenvalue weighted by molar-refractivity contribution is -0.175. The van der Waals surface area contributed by atoms with E-state index >= 15 is 0 Å². The summed E-state index contributed by atoms with van der Waals surface area (Å²) >= 11 is 0. The van der Waals surface area contributed by atoms with Crippen molar-refractivity contribution in [2.24, 2.45) is 0 Å². The summed E-state index contributed by atoms with van der Waals surface area (Å²) in [7, 11) is 1.54. The second-order valence-electron chi connectivity index (χ2n) is 5.45. The van der Waals surface area contributed by atoms with E-state index in [1.807, 2.05) is 6.07 Å². The van der Waals surface area contributed by atoms with E-state index in [0.29, 0.717) is 12.2 Å². The van der Waals surface area contributed by atoms with Gasteiger partial charge in [0.2, 0.25) is 0 Å². The fourth-order valence-corrected chi connectivity index (χ4v) is 3.34. The van der Waals surface area contributed by atoms with Crippen molar-refractivity contribution < 1.29 is 22.7 Å². The summed E-state index contributed by atoms with van der Waals surface area (Å²) in [6.07, 6.45) is -2.93. The van der Waals surface area contributed by atoms with Crippen LogP contribution >= 0.6 is 0 Å². The van der Waals surface area contributed by atoms with E-state index in [9.17, 15) is 18.0 Å². The summed E-state index contributed by atoms with van der Waals surface area (Å²) in [6, 6.07) is 5.33. The SMILES string of the molecule is COc1ccc2c(c1)[C@@H]1CCC[C@]1(NC(=O)C(F)(F)F)N2. The van der Waals surface area contributed by atoms with Gasteiger partial charge in [0, 0.05) is 11.6 Å². The average Bonchev–Trinajstić information content (AvgIpc) is 2.92. The lowest BCUT2D eigenvalue weighted by Crippen LogP contribution is -2.56. The number of carbonyl (C=O) groups is 1. The van der Waals surface area contributed by atoms with Gasteiger partial charge in [0.1, 0.15) is 11.4 Å². The lowest BCUT2D eigenvalue weighted by atomic mass is 9.92. The molecule has 0 spiro atoms. The molecule has 1 aromatic rings. The van der Waals surface area contributed by atoms with Crippen LogP contribution in [0, 0.1) is 0 Å². The first-order valence-electron chi connectivity index (χ1n) is 6.71. The monoisotopic (exact) mass is 300 g/mol. The number of methoxy groups -OCH3 is 1. The molecule has 1 amide bonds. The van der Waals surface area contributed by atoms with Crippen molar-refractivity contribution in [1.29, 1.82) is 0 Å². The van der Waals surface area contributed by atoms with Gasteiger partial charge in [0.15, 0.2) is 0 Å². The molecule has 0 unspecified atom stereocenters. The van der Waals surface area contributed by atoms with Crippen LogP contribution in [0.15, 0.2) is 18.2 Å². The van der Waals surface area contributed by atoms with Crippen molar-refractivity contribution in [3.63, 3.8) is 0 Å². The molecule has 2 atom stereocenters. The van der Waals surface area contributed by atoms with Crippen LogP contribution in [-0.2, 0) is 4.79 Å². The molecule has 4 nitrogen and oxygen atoms in total. The highest BCUT2D eigenvalue weighted by atomic mass is 19.4. The Labute approximate surface area is 119 Å². The van der Waals surface area contributed by atoms with Crippen molar-refractivity contribution in [2.45, 2.75) is 37.0 Å². The number of carbonyl (C=O) groups excluding carboxylic acids is 1. The van der Waals surface area contributed by atoms with Crippen molar-refractivity contribution in [3.8, 4) is 5.75 Å². The van der Waals surface area contributed by atoms with E-state index < -0.39 is 17.7 Å². The topological polar surface area (TPSA) is 50.4 Å². The Morgan fingerprint density at radius 1 is 1.48 bits per heavy atom. The van der Waals surface area contributed by atoms with Gasteiger partial charge in [0.25, 0.3) is 0 Å². The molecule has 0 bridgehead atoms. The summed E-state index contributed by atoms with van der Waals surface area (Å²) in [6.45, 7) is 0. The van der Waals surface area contributed by atoms with Gasteiger partial charge in [-0.3, -0.25) is 4.79 Å². The maximum atomic E-state index is 12.5. The summed E-state index contributed by atoms with van der Waals surface area (Å²) in [5.74, 6) is -1.42. The van der Waals surface area contributed by atoms with Gasteiger partial charge >= 0.3 is 12.1 Å². The highest BCUT2D eigenvalue weighted by Gasteiger charge is 2.53. The minimum Gasteiger partial charge on any atom is -0.497 e. The summed E-state index contributed by atoms with van der Waals surface area (Å²) < 4.78 is 42.8. The molecule has 1 aliphatic heterocycles. The maximum absolute atomic E-state index is 12.5. The van der Waals surface area contributed by atoms with Crippen molar-refractivity contribution in [3.05, 3.63) is 23.8 Å². The van der Waals surface area contributed by atoms with Gasteiger partial charge in [-0.25, -0.2) is 0 Å². The maximum Gasteiger partial charge on any atom is 0.471 e. The molecule has 1 heterocycles. The van der Waals surface area contributed by atoms with E-state index in [0.717, 1.165) is 24.1 Å². The van der Waals surface area contributed by atoms with Crippen LogP contribution in [-0.4, -0.2) is 24.9 Å². The minimum absolute atomic E-state index is 0.172.